The van der Waals surface area contributed by atoms with E-state index in [0.717, 1.165) is 31.4 Å². The number of aromatic nitrogens is 3. The molecule has 40 heavy (non-hydrogen) atoms. The molecule has 0 radical (unpaired) electrons. The van der Waals surface area contributed by atoms with Crippen molar-refractivity contribution >= 4 is 5.71 Å². The second-order valence-electron chi connectivity index (χ2n) is 12.0. The minimum absolute atomic E-state index is 0.0535. The van der Waals surface area contributed by atoms with Crippen molar-refractivity contribution in [3.63, 3.8) is 0 Å². The summed E-state index contributed by atoms with van der Waals surface area (Å²) in [6.45, 7) is 4.70. The van der Waals surface area contributed by atoms with Crippen LogP contribution in [0.3, 0.4) is 0 Å². The fourth-order valence-corrected chi connectivity index (χ4v) is 6.38. The number of nitrogens with zero attached hydrogens (tertiary/aromatic N) is 4. The molecule has 1 aliphatic carbocycles. The van der Waals surface area contributed by atoms with Crippen molar-refractivity contribution in [1.82, 2.24) is 15.0 Å². The molecule has 3 heterocycles. The van der Waals surface area contributed by atoms with E-state index < -0.39 is 59.9 Å². The molecular formula is C28H38F2N4O6. The van der Waals surface area contributed by atoms with Gasteiger partial charge in [-0.15, -0.1) is 5.10 Å². The fraction of sp³-hybridized carbons (Fsp3) is 0.679. The first-order valence-corrected chi connectivity index (χ1v) is 13.8. The predicted molar refractivity (Wildman–Crippen MR) is 140 cm³/mol. The van der Waals surface area contributed by atoms with Crippen molar-refractivity contribution in [1.29, 1.82) is 0 Å². The van der Waals surface area contributed by atoms with Gasteiger partial charge in [0.15, 0.2) is 11.6 Å². The fourth-order valence-electron chi connectivity index (χ4n) is 6.38. The molecule has 1 saturated heterocycles. The SMILES string of the molecule is COC1C(CC2=NOC3(CCC(C(C)(C)O)CC3)C2)OC(CO)C(O)C1n1cc(-c2ccc(C)c(F)c2F)nn1. The van der Waals surface area contributed by atoms with E-state index in [1.54, 1.807) is 0 Å². The molecular weight excluding hydrogens is 526 g/mol. The maximum Gasteiger partial charge on any atom is 0.168 e. The Bertz CT molecular complexity index is 1240. The number of methoxy groups -OCH3 is 1. The smallest absolute Gasteiger partial charge is 0.168 e. The van der Waals surface area contributed by atoms with Crippen LogP contribution in [0.1, 0.15) is 64.0 Å². The lowest BCUT2D eigenvalue weighted by Crippen LogP contribution is -2.57. The van der Waals surface area contributed by atoms with Crippen LogP contribution in [-0.4, -0.2) is 85.4 Å². The summed E-state index contributed by atoms with van der Waals surface area (Å²) in [5.74, 6) is -1.78. The average Bonchev–Trinajstić information content (AvgIpc) is 3.55. The Morgan fingerprint density at radius 3 is 2.55 bits per heavy atom. The molecule has 10 nitrogen and oxygen atoms in total. The van der Waals surface area contributed by atoms with E-state index in [-0.39, 0.29) is 22.7 Å². The highest BCUT2D eigenvalue weighted by Gasteiger charge is 2.50. The topological polar surface area (TPSA) is 131 Å². The quantitative estimate of drug-likeness (QED) is 0.468. The van der Waals surface area contributed by atoms with Gasteiger partial charge in [-0.2, -0.15) is 0 Å². The van der Waals surface area contributed by atoms with Gasteiger partial charge < -0.3 is 29.6 Å². The summed E-state index contributed by atoms with van der Waals surface area (Å²) in [7, 11) is 1.49. The number of rotatable bonds is 7. The molecule has 3 aliphatic rings. The van der Waals surface area contributed by atoms with E-state index in [4.69, 9.17) is 14.3 Å². The third-order valence-corrected chi connectivity index (χ3v) is 8.83. The zero-order valence-electron chi connectivity index (χ0n) is 23.3. The number of hydrogen-bond donors (Lipinski definition) is 3. The van der Waals surface area contributed by atoms with Gasteiger partial charge in [-0.05, 0) is 64.0 Å². The molecule has 0 amide bonds. The molecule has 2 aromatic rings. The van der Waals surface area contributed by atoms with Crippen molar-refractivity contribution in [3.8, 4) is 11.3 Å². The molecule has 2 fully saturated rings. The largest absolute Gasteiger partial charge is 0.394 e. The standard InChI is InChI=1S/C28H38F2N4O6/c1-15-5-6-18(23(30)22(15)29)19-13-34(33-31-19)24-25(36)21(14-35)39-20(26(24)38-4)11-17-12-28(40-32-17)9-7-16(8-10-28)27(2,3)37/h5-6,13,16,20-21,24-26,35-37H,7-12,14H2,1-4H3. The monoisotopic (exact) mass is 564 g/mol. The van der Waals surface area contributed by atoms with Crippen molar-refractivity contribution in [2.45, 2.75) is 101 Å². The number of benzene rings is 1. The van der Waals surface area contributed by atoms with Gasteiger partial charge in [-0.1, -0.05) is 16.4 Å². The Morgan fingerprint density at radius 2 is 1.90 bits per heavy atom. The molecule has 12 heteroatoms. The Balaban J connectivity index is 1.34. The Kier molecular flexibility index (Phi) is 8.01. The highest BCUT2D eigenvalue weighted by atomic mass is 19.2. The van der Waals surface area contributed by atoms with E-state index in [0.29, 0.717) is 12.8 Å². The van der Waals surface area contributed by atoms with E-state index >= 15 is 0 Å². The summed E-state index contributed by atoms with van der Waals surface area (Å²) < 4.78 is 42.1. The Hall–Kier alpha value is -2.51. The van der Waals surface area contributed by atoms with E-state index in [9.17, 15) is 24.1 Å². The molecule has 3 N–H and O–H groups in total. The first-order chi connectivity index (χ1) is 19.0. The van der Waals surface area contributed by atoms with Crippen LogP contribution in [0.2, 0.25) is 0 Å². The van der Waals surface area contributed by atoms with Crippen molar-refractivity contribution < 1.29 is 38.4 Å². The molecule has 1 aromatic carbocycles. The lowest BCUT2D eigenvalue weighted by Gasteiger charge is -2.43. The van der Waals surface area contributed by atoms with Gasteiger partial charge in [0, 0.05) is 25.5 Å². The molecule has 1 saturated carbocycles. The second-order valence-corrected chi connectivity index (χ2v) is 12.0. The summed E-state index contributed by atoms with van der Waals surface area (Å²) in [6, 6.07) is 2.05. The van der Waals surface area contributed by atoms with Gasteiger partial charge in [0.05, 0.1) is 30.2 Å². The minimum Gasteiger partial charge on any atom is -0.394 e. The molecule has 2 aliphatic heterocycles. The summed E-state index contributed by atoms with van der Waals surface area (Å²) >= 11 is 0. The predicted octanol–water partition coefficient (Wildman–Crippen LogP) is 3.07. The summed E-state index contributed by atoms with van der Waals surface area (Å²) in [5, 5.41) is 44.0. The van der Waals surface area contributed by atoms with E-state index in [1.807, 2.05) is 13.8 Å². The number of aryl methyl sites for hydroxylation is 1. The van der Waals surface area contributed by atoms with Crippen molar-refractivity contribution in [2.24, 2.45) is 11.1 Å². The molecule has 0 bridgehead atoms. The molecule has 1 spiro atoms. The third kappa shape index (κ3) is 5.39. The average molecular weight is 565 g/mol. The maximum atomic E-state index is 14.6. The van der Waals surface area contributed by atoms with Gasteiger partial charge >= 0.3 is 0 Å². The normalized spacial score (nSPS) is 32.8. The van der Waals surface area contributed by atoms with Crippen LogP contribution in [0, 0.1) is 24.5 Å². The van der Waals surface area contributed by atoms with E-state index in [2.05, 4.69) is 15.5 Å². The zero-order valence-corrected chi connectivity index (χ0v) is 23.3. The summed E-state index contributed by atoms with van der Waals surface area (Å²) in [6.07, 6.45) is 2.14. The second kappa shape index (κ2) is 11.1. The first-order valence-electron chi connectivity index (χ1n) is 13.8. The van der Waals surface area contributed by atoms with Crippen molar-refractivity contribution in [2.75, 3.05) is 13.7 Å². The number of halogens is 2. The summed E-state index contributed by atoms with van der Waals surface area (Å²) in [4.78, 5) is 5.95. The lowest BCUT2D eigenvalue weighted by molar-refractivity contribution is -0.210. The van der Waals surface area contributed by atoms with Crippen LogP contribution in [0.15, 0.2) is 23.5 Å². The van der Waals surface area contributed by atoms with Crippen molar-refractivity contribution in [3.05, 3.63) is 35.5 Å². The Labute approximate surface area is 231 Å². The van der Waals surface area contributed by atoms with Crippen LogP contribution in [-0.2, 0) is 14.3 Å². The van der Waals surface area contributed by atoms with Gasteiger partial charge in [0.1, 0.15) is 35.6 Å². The van der Waals surface area contributed by atoms with Crippen LogP contribution < -0.4 is 0 Å². The molecule has 5 atom stereocenters. The van der Waals surface area contributed by atoms with Crippen LogP contribution in [0.25, 0.3) is 11.3 Å². The number of hydrogen-bond acceptors (Lipinski definition) is 9. The number of oxime groups is 1. The highest BCUT2D eigenvalue weighted by Crippen LogP contribution is 2.45. The summed E-state index contributed by atoms with van der Waals surface area (Å²) in [5.41, 5.74) is -0.134. The molecule has 1 aromatic heterocycles. The maximum absolute atomic E-state index is 14.6. The van der Waals surface area contributed by atoms with Gasteiger partial charge in [0.25, 0.3) is 0 Å². The molecule has 5 rings (SSSR count). The first kappa shape index (κ1) is 29.0. The number of ether oxygens (including phenoxy) is 2. The zero-order chi connectivity index (χ0) is 28.8. The third-order valence-electron chi connectivity index (χ3n) is 8.83. The van der Waals surface area contributed by atoms with Crippen LogP contribution in [0.4, 0.5) is 8.78 Å². The lowest BCUT2D eigenvalue weighted by atomic mass is 9.71. The Morgan fingerprint density at radius 1 is 1.18 bits per heavy atom. The highest BCUT2D eigenvalue weighted by molar-refractivity contribution is 5.86. The minimum atomic E-state index is -1.22. The number of aliphatic hydroxyl groups is 3. The van der Waals surface area contributed by atoms with Crippen LogP contribution >= 0.6 is 0 Å². The van der Waals surface area contributed by atoms with Gasteiger partial charge in [-0.25, -0.2) is 13.5 Å². The number of aliphatic hydroxyl groups excluding tert-OH is 2. The molecule has 5 unspecified atom stereocenters. The van der Waals surface area contributed by atoms with E-state index in [1.165, 1.54) is 37.0 Å². The van der Waals surface area contributed by atoms with Gasteiger partial charge in [0.2, 0.25) is 0 Å². The van der Waals surface area contributed by atoms with Crippen LogP contribution in [0.5, 0.6) is 0 Å². The van der Waals surface area contributed by atoms with Gasteiger partial charge in [-0.3, -0.25) is 0 Å². The molecule has 220 valence electrons.